The van der Waals surface area contributed by atoms with Crippen molar-refractivity contribution in [3.63, 3.8) is 0 Å². The number of nitrogens with one attached hydrogen (secondary N) is 1. The molecule has 0 radical (unpaired) electrons. The van der Waals surface area contributed by atoms with Crippen LogP contribution in [0.4, 0.5) is 4.79 Å². The summed E-state index contributed by atoms with van der Waals surface area (Å²) in [7, 11) is 0. The smallest absolute Gasteiger partial charge is 0.410 e. The summed E-state index contributed by atoms with van der Waals surface area (Å²) in [5.41, 5.74) is 7.11. The molecule has 0 unspecified atom stereocenters. The summed E-state index contributed by atoms with van der Waals surface area (Å²) in [5, 5.41) is 3.12. The van der Waals surface area contributed by atoms with E-state index in [9.17, 15) is 14.4 Å². The van der Waals surface area contributed by atoms with Crippen molar-refractivity contribution in [1.82, 2.24) is 15.1 Å². The van der Waals surface area contributed by atoms with Gasteiger partial charge in [-0.25, -0.2) is 4.79 Å². The lowest BCUT2D eigenvalue weighted by atomic mass is 10.00. The fourth-order valence-electron chi connectivity index (χ4n) is 4.81. The van der Waals surface area contributed by atoms with Crippen molar-refractivity contribution >= 4 is 30.3 Å². The Labute approximate surface area is 199 Å². The summed E-state index contributed by atoms with van der Waals surface area (Å²) in [4.78, 5) is 41.8. The minimum atomic E-state index is -0.911. The van der Waals surface area contributed by atoms with Crippen molar-refractivity contribution in [2.24, 2.45) is 5.73 Å². The Morgan fingerprint density at radius 1 is 1.24 bits per heavy atom. The van der Waals surface area contributed by atoms with E-state index in [4.69, 9.17) is 15.2 Å². The zero-order chi connectivity index (χ0) is 22.7. The van der Waals surface area contributed by atoms with Gasteiger partial charge in [-0.05, 0) is 25.3 Å². The third kappa shape index (κ3) is 5.25. The molecular formula is C23H31ClN4O5. The summed E-state index contributed by atoms with van der Waals surface area (Å²) >= 11 is 0. The van der Waals surface area contributed by atoms with Crippen molar-refractivity contribution in [2.75, 3.05) is 26.3 Å². The SMILES string of the molecule is C=CCOC(=O)N1CC[C@H]2CC[C@@H](C(=O)N[C@@H]3CCOc4ccccc43)N2C(=O)[C@@H](N)C1.Cl. The van der Waals surface area contributed by atoms with Crippen molar-refractivity contribution in [3.05, 3.63) is 42.5 Å². The van der Waals surface area contributed by atoms with Gasteiger partial charge in [0.25, 0.3) is 0 Å². The number of hydrogen-bond acceptors (Lipinski definition) is 6. The maximum atomic E-state index is 13.2. The van der Waals surface area contributed by atoms with Crippen LogP contribution in [0.15, 0.2) is 36.9 Å². The molecule has 3 aliphatic heterocycles. The first-order chi connectivity index (χ1) is 15.5. The normalized spacial score (nSPS) is 26.5. The van der Waals surface area contributed by atoms with Gasteiger partial charge in [0.15, 0.2) is 0 Å². The highest BCUT2D eigenvalue weighted by molar-refractivity contribution is 5.91. The van der Waals surface area contributed by atoms with Crippen LogP contribution in [0, 0.1) is 0 Å². The number of ether oxygens (including phenoxy) is 2. The van der Waals surface area contributed by atoms with Gasteiger partial charge in [0.1, 0.15) is 24.4 Å². The molecule has 2 fully saturated rings. The van der Waals surface area contributed by atoms with E-state index in [1.165, 1.54) is 11.0 Å². The Balaban J connectivity index is 0.00000306. The highest BCUT2D eigenvalue weighted by atomic mass is 35.5. The van der Waals surface area contributed by atoms with E-state index in [0.717, 1.165) is 11.3 Å². The Morgan fingerprint density at radius 3 is 2.82 bits per heavy atom. The zero-order valence-corrected chi connectivity index (χ0v) is 19.3. The van der Waals surface area contributed by atoms with Crippen LogP contribution in [0.25, 0.3) is 0 Å². The zero-order valence-electron chi connectivity index (χ0n) is 18.5. The second kappa shape index (κ2) is 10.9. The van der Waals surface area contributed by atoms with E-state index in [-0.39, 0.29) is 49.5 Å². The topological polar surface area (TPSA) is 114 Å². The average Bonchev–Trinajstić information content (AvgIpc) is 3.22. The van der Waals surface area contributed by atoms with E-state index in [1.807, 2.05) is 24.3 Å². The molecule has 0 spiro atoms. The number of fused-ring (bicyclic) bond motifs is 2. The number of nitrogens with two attached hydrogens (primary N) is 1. The standard InChI is InChI=1S/C23H30N4O5.ClH/c1-2-12-32-23(30)26-11-9-15-7-8-19(27(15)22(29)17(24)14-26)21(28)25-18-10-13-31-20-6-4-3-5-16(18)20;/h2-6,15,17-19H,1,7-14,24H2,(H,25,28);1H/t15-,17+,18-,19+;/m1./s1. The molecule has 1 aromatic rings. The molecule has 3 amide bonds. The van der Waals surface area contributed by atoms with Crippen molar-refractivity contribution in [2.45, 2.75) is 49.9 Å². The summed E-state index contributed by atoms with van der Waals surface area (Å²) in [6.45, 7) is 4.64. The van der Waals surface area contributed by atoms with Crippen molar-refractivity contribution < 1.29 is 23.9 Å². The molecule has 0 aromatic heterocycles. The number of benzene rings is 1. The summed E-state index contributed by atoms with van der Waals surface area (Å²) < 4.78 is 10.8. The fourth-order valence-corrected chi connectivity index (χ4v) is 4.81. The van der Waals surface area contributed by atoms with Gasteiger partial charge >= 0.3 is 6.09 Å². The summed E-state index contributed by atoms with van der Waals surface area (Å²) in [6, 6.07) is 5.91. The molecule has 3 N–H and O–H groups in total. The van der Waals surface area contributed by atoms with Crippen LogP contribution in [0.1, 0.15) is 37.3 Å². The Bertz CT molecular complexity index is 897. The number of para-hydroxylation sites is 1. The van der Waals surface area contributed by atoms with Crippen molar-refractivity contribution in [1.29, 1.82) is 0 Å². The van der Waals surface area contributed by atoms with Crippen LogP contribution in [0.5, 0.6) is 5.75 Å². The Morgan fingerprint density at radius 2 is 2.03 bits per heavy atom. The highest BCUT2D eigenvalue weighted by Gasteiger charge is 2.44. The van der Waals surface area contributed by atoms with Crippen molar-refractivity contribution in [3.8, 4) is 5.75 Å². The highest BCUT2D eigenvalue weighted by Crippen LogP contribution is 2.33. The van der Waals surface area contributed by atoms with E-state index in [2.05, 4.69) is 11.9 Å². The average molecular weight is 479 g/mol. The number of rotatable bonds is 4. The summed E-state index contributed by atoms with van der Waals surface area (Å²) in [5.74, 6) is 0.306. The molecular weight excluding hydrogens is 448 g/mol. The van der Waals surface area contributed by atoms with E-state index < -0.39 is 18.2 Å². The van der Waals surface area contributed by atoms with Crippen LogP contribution in [-0.2, 0) is 14.3 Å². The van der Waals surface area contributed by atoms with Gasteiger partial charge in [-0.3, -0.25) is 9.59 Å². The largest absolute Gasteiger partial charge is 0.493 e. The van der Waals surface area contributed by atoms with Gasteiger partial charge in [0.05, 0.1) is 12.6 Å². The molecule has 0 aliphatic carbocycles. The molecule has 10 heteroatoms. The first-order valence-electron chi connectivity index (χ1n) is 11.1. The second-order valence-corrected chi connectivity index (χ2v) is 8.44. The third-order valence-corrected chi connectivity index (χ3v) is 6.38. The van der Waals surface area contributed by atoms with E-state index >= 15 is 0 Å². The lowest BCUT2D eigenvalue weighted by Crippen LogP contribution is -2.59. The van der Waals surface area contributed by atoms with Gasteiger partial charge in [-0.1, -0.05) is 30.9 Å². The molecule has 3 heterocycles. The maximum Gasteiger partial charge on any atom is 0.410 e. The second-order valence-electron chi connectivity index (χ2n) is 8.44. The number of halogens is 1. The predicted molar refractivity (Wildman–Crippen MR) is 124 cm³/mol. The van der Waals surface area contributed by atoms with Gasteiger partial charge in [0, 0.05) is 31.1 Å². The van der Waals surface area contributed by atoms with Crippen LogP contribution in [0.3, 0.4) is 0 Å². The van der Waals surface area contributed by atoms with Crippen LogP contribution in [-0.4, -0.2) is 72.1 Å². The third-order valence-electron chi connectivity index (χ3n) is 6.38. The molecule has 9 nitrogen and oxygen atoms in total. The molecule has 0 saturated carbocycles. The molecule has 3 aliphatic rings. The van der Waals surface area contributed by atoms with Gasteiger partial charge in [-0.15, -0.1) is 12.4 Å². The van der Waals surface area contributed by atoms with Crippen LogP contribution in [0.2, 0.25) is 0 Å². The minimum Gasteiger partial charge on any atom is -0.493 e. The molecule has 1 aromatic carbocycles. The number of amides is 3. The molecule has 2 saturated heterocycles. The van der Waals surface area contributed by atoms with E-state index in [0.29, 0.717) is 38.8 Å². The van der Waals surface area contributed by atoms with Gasteiger partial charge in [-0.2, -0.15) is 0 Å². The van der Waals surface area contributed by atoms with E-state index in [1.54, 1.807) is 4.90 Å². The molecule has 180 valence electrons. The number of hydrogen-bond donors (Lipinski definition) is 2. The van der Waals surface area contributed by atoms with Gasteiger partial charge < -0.3 is 30.3 Å². The monoisotopic (exact) mass is 478 g/mol. The molecule has 33 heavy (non-hydrogen) atoms. The maximum absolute atomic E-state index is 13.2. The Kier molecular flexibility index (Phi) is 8.20. The number of nitrogens with zero attached hydrogens (tertiary/aromatic N) is 2. The Hall–Kier alpha value is -2.78. The lowest BCUT2D eigenvalue weighted by Gasteiger charge is -2.37. The molecule has 0 bridgehead atoms. The quantitative estimate of drug-likeness (QED) is 0.637. The predicted octanol–water partition coefficient (Wildman–Crippen LogP) is 1.76. The first kappa shape index (κ1) is 24.9. The van der Waals surface area contributed by atoms with Gasteiger partial charge in [0.2, 0.25) is 11.8 Å². The molecule has 4 rings (SSSR count). The first-order valence-corrected chi connectivity index (χ1v) is 11.1. The number of carbonyl (C=O) groups excluding carboxylic acids is 3. The van der Waals surface area contributed by atoms with Crippen LogP contribution < -0.4 is 15.8 Å². The summed E-state index contributed by atoms with van der Waals surface area (Å²) in [6.07, 6.45) is 3.50. The molecule has 4 atom stereocenters. The minimum absolute atomic E-state index is 0. The van der Waals surface area contributed by atoms with Crippen LogP contribution >= 0.6 is 12.4 Å². The lowest BCUT2D eigenvalue weighted by molar-refractivity contribution is -0.143. The fraction of sp³-hybridized carbons (Fsp3) is 0.522. The number of carbonyl (C=O) groups is 3.